The molecule has 0 spiro atoms. The molecule has 5 nitrogen and oxygen atoms in total. The predicted molar refractivity (Wildman–Crippen MR) is 40.6 cm³/mol. The molecule has 0 saturated heterocycles. The molecule has 0 fully saturated rings. The van der Waals surface area contributed by atoms with E-state index >= 15 is 0 Å². The molecule has 9 heteroatoms. The van der Waals surface area contributed by atoms with E-state index in [-0.39, 0.29) is 0 Å². The lowest BCUT2D eigenvalue weighted by atomic mass is 11.7. The van der Waals surface area contributed by atoms with Crippen LogP contribution in [0.4, 0.5) is 4.39 Å². The molecule has 2 atom stereocenters. The van der Waals surface area contributed by atoms with Crippen LogP contribution in [-0.2, 0) is 9.13 Å². The van der Waals surface area contributed by atoms with Crippen molar-refractivity contribution >= 4 is 30.9 Å². The maximum Gasteiger partial charge on any atom is 0.383 e. The van der Waals surface area contributed by atoms with Gasteiger partial charge in [0.15, 0.2) is 0 Å². The fourth-order valence-electron chi connectivity index (χ4n) is 0.242. The summed E-state index contributed by atoms with van der Waals surface area (Å²) in [4.78, 5) is 25.0. The number of hydrogen-bond acceptors (Lipinski definition) is 2. The molecule has 0 aromatic rings. The summed E-state index contributed by atoms with van der Waals surface area (Å²) < 4.78 is 30.0. The van der Waals surface area contributed by atoms with Gasteiger partial charge in [-0.3, -0.25) is 9.13 Å². The second-order valence-corrected chi connectivity index (χ2v) is 8.68. The van der Waals surface area contributed by atoms with E-state index in [4.69, 9.17) is 14.7 Å². The molecule has 2 unspecified atom stereocenters. The van der Waals surface area contributed by atoms with Crippen LogP contribution in [0, 0.1) is 0 Å². The molecule has 0 aliphatic rings. The van der Waals surface area contributed by atoms with Crippen LogP contribution >= 0.6 is 30.9 Å². The van der Waals surface area contributed by atoms with Gasteiger partial charge in [-0.15, -0.1) is 0 Å². The first-order chi connectivity index (χ1) is 4.50. The van der Waals surface area contributed by atoms with Gasteiger partial charge in [-0.1, -0.05) is 0 Å². The summed E-state index contributed by atoms with van der Waals surface area (Å²) in [6.07, 6.45) is 0. The van der Waals surface area contributed by atoms with Crippen LogP contribution in [0.25, 0.3) is 0 Å². The van der Waals surface area contributed by atoms with Crippen molar-refractivity contribution in [2.45, 2.75) is 4.06 Å². The topological polar surface area (TPSA) is 94.8 Å². The van der Waals surface area contributed by atoms with Crippen molar-refractivity contribution in [3.63, 3.8) is 0 Å². The van der Waals surface area contributed by atoms with Crippen LogP contribution < -0.4 is 0 Å². The molecule has 0 aromatic heterocycles. The Hall–Kier alpha value is 0.750. The lowest BCUT2D eigenvalue weighted by molar-refractivity contribution is 0.311. The third-order valence-corrected chi connectivity index (χ3v) is 7.80. The molecule has 0 bridgehead atoms. The Kier molecular flexibility index (Phi) is 3.10. The highest BCUT2D eigenvalue weighted by atomic mass is 79.9. The van der Waals surface area contributed by atoms with Crippen LogP contribution in [-0.4, -0.2) is 25.4 Å². The third kappa shape index (κ3) is 2.34. The Morgan fingerprint density at radius 1 is 1.36 bits per heavy atom. The quantitative estimate of drug-likeness (QED) is 0.514. The highest BCUT2D eigenvalue weighted by molar-refractivity contribution is 9.12. The van der Waals surface area contributed by atoms with E-state index in [1.807, 2.05) is 15.9 Å². The van der Waals surface area contributed by atoms with Crippen molar-refractivity contribution in [3.8, 4) is 0 Å². The molecule has 0 radical (unpaired) electrons. The Morgan fingerprint density at radius 2 is 1.64 bits per heavy atom. The van der Waals surface area contributed by atoms with Crippen LogP contribution in [0.5, 0.6) is 0 Å². The second-order valence-electron chi connectivity index (χ2n) is 1.93. The first-order valence-electron chi connectivity index (χ1n) is 2.24. The normalized spacial score (nSPS) is 23.8. The predicted octanol–water partition coefficient (Wildman–Crippen LogP) is 1.04. The summed E-state index contributed by atoms with van der Waals surface area (Å²) in [5.74, 6) is 0. The zero-order valence-electron chi connectivity index (χ0n) is 5.31. The van der Waals surface area contributed by atoms with E-state index in [1.54, 1.807) is 0 Å². The average Bonchev–Trinajstić information content (AvgIpc) is 1.58. The van der Waals surface area contributed by atoms with Crippen LogP contribution in [0.15, 0.2) is 0 Å². The van der Waals surface area contributed by atoms with Crippen LogP contribution in [0.2, 0.25) is 0 Å². The van der Waals surface area contributed by atoms with Crippen LogP contribution in [0.3, 0.4) is 0 Å². The van der Waals surface area contributed by atoms with E-state index < -0.39 is 19.0 Å². The summed E-state index contributed by atoms with van der Waals surface area (Å²) in [7, 11) is -9.76. The van der Waals surface area contributed by atoms with Crippen molar-refractivity contribution in [2.24, 2.45) is 0 Å². The highest BCUT2D eigenvalue weighted by Gasteiger charge is 2.57. The molecule has 3 N–H and O–H groups in total. The zero-order valence-corrected chi connectivity index (χ0v) is 8.68. The molecule has 0 amide bonds. The lowest BCUT2D eigenvalue weighted by Crippen LogP contribution is -2.13. The number of rotatable bonds is 2. The van der Waals surface area contributed by atoms with Crippen molar-refractivity contribution in [1.82, 2.24) is 0 Å². The molecule has 0 aliphatic heterocycles. The van der Waals surface area contributed by atoms with Gasteiger partial charge in [0.05, 0.1) is 0 Å². The number of alkyl halides is 2. The smallest absolute Gasteiger partial charge is 0.341 e. The van der Waals surface area contributed by atoms with Crippen molar-refractivity contribution in [1.29, 1.82) is 0 Å². The van der Waals surface area contributed by atoms with E-state index in [0.29, 0.717) is 6.66 Å². The maximum atomic E-state index is 12.7. The highest BCUT2D eigenvalue weighted by Crippen LogP contribution is 2.73. The Labute approximate surface area is 70.4 Å². The fourth-order valence-corrected chi connectivity index (χ4v) is 2.18. The minimum atomic E-state index is -5.25. The summed E-state index contributed by atoms with van der Waals surface area (Å²) in [5, 5.41) is 0. The minimum Gasteiger partial charge on any atom is -0.341 e. The Morgan fingerprint density at radius 3 is 1.64 bits per heavy atom. The summed E-state index contributed by atoms with van der Waals surface area (Å²) in [5.41, 5.74) is 0. The van der Waals surface area contributed by atoms with Gasteiger partial charge < -0.3 is 14.7 Å². The lowest BCUT2D eigenvalue weighted by Gasteiger charge is -2.21. The molecular formula is C2H6BrFO5P2. The van der Waals surface area contributed by atoms with Gasteiger partial charge in [0.25, 0.3) is 7.37 Å². The third-order valence-electron chi connectivity index (χ3n) is 0.850. The number of halogens is 2. The molecule has 68 valence electrons. The molecule has 0 rings (SSSR count). The van der Waals surface area contributed by atoms with Gasteiger partial charge in [0.1, 0.15) is 0 Å². The molecule has 0 aromatic carbocycles. The molecule has 0 aliphatic carbocycles. The van der Waals surface area contributed by atoms with Gasteiger partial charge in [-0.25, -0.2) is 4.39 Å². The van der Waals surface area contributed by atoms with Gasteiger partial charge in [-0.2, -0.15) is 0 Å². The van der Waals surface area contributed by atoms with E-state index in [1.165, 1.54) is 0 Å². The minimum absolute atomic E-state index is 0.515. The number of hydrogen-bond donors (Lipinski definition) is 3. The zero-order chi connectivity index (χ0) is 9.50. The van der Waals surface area contributed by atoms with Gasteiger partial charge in [-0.05, 0) is 15.9 Å². The van der Waals surface area contributed by atoms with Crippen molar-refractivity contribution in [3.05, 3.63) is 0 Å². The van der Waals surface area contributed by atoms with Crippen molar-refractivity contribution < 1.29 is 28.2 Å². The standard InChI is InChI=1S/C2H6BrFO5P2/c1-10(5,6)2(3,4)11(7,8)9/h1H3,(H,5,6)(H2,7,8,9)/i4-1. The molecule has 0 heterocycles. The summed E-state index contributed by atoms with van der Waals surface area (Å²) in [6.45, 7) is 0.515. The summed E-state index contributed by atoms with van der Waals surface area (Å²) in [6, 6.07) is 0. The maximum absolute atomic E-state index is 12.7. The van der Waals surface area contributed by atoms with E-state index in [9.17, 15) is 13.5 Å². The SMILES string of the molecule is CP(=O)(O)C([18F])(Br)P(=O)(O)O. The first kappa shape index (κ1) is 11.8. The molecular weight excluding hydrogens is 264 g/mol. The molecule has 0 saturated carbocycles. The van der Waals surface area contributed by atoms with E-state index in [0.717, 1.165) is 0 Å². The first-order valence-corrected chi connectivity index (χ1v) is 6.75. The monoisotopic (exact) mass is 269 g/mol. The average molecular weight is 270 g/mol. The Balaban J connectivity index is 5.08. The van der Waals surface area contributed by atoms with Crippen molar-refractivity contribution in [2.75, 3.05) is 6.66 Å². The largest absolute Gasteiger partial charge is 0.383 e. The second kappa shape index (κ2) is 2.91. The van der Waals surface area contributed by atoms with E-state index in [2.05, 4.69) is 0 Å². The Bertz CT molecular complexity index is 215. The van der Waals surface area contributed by atoms with Gasteiger partial charge in [0, 0.05) is 6.66 Å². The molecule has 11 heavy (non-hydrogen) atoms. The van der Waals surface area contributed by atoms with Crippen LogP contribution in [0.1, 0.15) is 0 Å². The summed E-state index contributed by atoms with van der Waals surface area (Å²) >= 11 is 1.88. The van der Waals surface area contributed by atoms with Gasteiger partial charge >= 0.3 is 11.7 Å². The van der Waals surface area contributed by atoms with Gasteiger partial charge in [0.2, 0.25) is 0 Å². The fraction of sp³-hybridized carbons (Fsp3) is 1.00.